The van der Waals surface area contributed by atoms with E-state index in [1.165, 1.54) is 0 Å². The van der Waals surface area contributed by atoms with E-state index in [0.717, 1.165) is 34.2 Å². The SMILES string of the molecule is B(Oc1cccc2c1Nc1ccccc1O2)Oc1cccc2c1Nc1ccccc1O2. The minimum Gasteiger partial charge on any atom is -0.527 e. The first-order chi connectivity index (χ1) is 15.3. The summed E-state index contributed by atoms with van der Waals surface area (Å²) in [6.07, 6.45) is 0. The van der Waals surface area contributed by atoms with Crippen LogP contribution in [0.4, 0.5) is 22.7 Å². The summed E-state index contributed by atoms with van der Waals surface area (Å²) in [5, 5.41) is 6.76. The summed E-state index contributed by atoms with van der Waals surface area (Å²) in [5.74, 6) is 4.27. The quantitative estimate of drug-likeness (QED) is 0.343. The number of anilines is 4. The molecule has 31 heavy (non-hydrogen) atoms. The van der Waals surface area contributed by atoms with Crippen LogP contribution in [0.15, 0.2) is 84.9 Å². The number of benzene rings is 4. The second kappa shape index (κ2) is 7.21. The molecule has 0 unspecified atom stereocenters. The Kier molecular flexibility index (Phi) is 4.09. The molecule has 4 aromatic carbocycles. The van der Waals surface area contributed by atoms with E-state index in [9.17, 15) is 0 Å². The van der Waals surface area contributed by atoms with Gasteiger partial charge >= 0.3 is 7.69 Å². The van der Waals surface area contributed by atoms with Gasteiger partial charge in [0.05, 0.1) is 11.4 Å². The first kappa shape index (κ1) is 17.6. The molecule has 150 valence electrons. The molecule has 2 N–H and O–H groups in total. The number of nitrogens with one attached hydrogen (secondary N) is 2. The van der Waals surface area contributed by atoms with E-state index in [-0.39, 0.29) is 7.69 Å². The summed E-state index contributed by atoms with van der Waals surface area (Å²) in [7, 11) is 0.0273. The molecule has 0 radical (unpaired) electrons. The maximum Gasteiger partial charge on any atom is 0.576 e. The van der Waals surface area contributed by atoms with Crippen LogP contribution in [0.1, 0.15) is 0 Å². The van der Waals surface area contributed by atoms with Gasteiger partial charge in [-0.05, 0) is 48.5 Å². The second-order valence-electron chi connectivity index (χ2n) is 7.11. The fourth-order valence-electron chi connectivity index (χ4n) is 3.66. The highest BCUT2D eigenvalue weighted by Crippen LogP contribution is 2.47. The van der Waals surface area contributed by atoms with Crippen LogP contribution in [0, 0.1) is 0 Å². The summed E-state index contributed by atoms with van der Waals surface area (Å²) >= 11 is 0. The Bertz CT molecular complexity index is 1200. The number of fused-ring (bicyclic) bond motifs is 4. The largest absolute Gasteiger partial charge is 0.576 e. The van der Waals surface area contributed by atoms with Crippen LogP contribution in [0.3, 0.4) is 0 Å². The standard InChI is InChI=1S/C24H17BN2O4/c1-3-9-17-15(7-1)26-23-19(28-17)11-5-13-21(23)30-25-31-22-14-6-12-20-24(22)27-16-8-2-4-10-18(16)29-20/h1-14,25-27H. The number of ether oxygens (including phenoxy) is 2. The third-order valence-electron chi connectivity index (χ3n) is 5.14. The van der Waals surface area contributed by atoms with Crippen molar-refractivity contribution in [1.82, 2.24) is 0 Å². The third-order valence-corrected chi connectivity index (χ3v) is 5.14. The Balaban J connectivity index is 1.20. The summed E-state index contributed by atoms with van der Waals surface area (Å²) in [4.78, 5) is 0. The molecule has 0 fully saturated rings. The Morgan fingerprint density at radius 1 is 0.516 bits per heavy atom. The minimum absolute atomic E-state index is 0.0273. The summed E-state index contributed by atoms with van der Waals surface area (Å²) < 4.78 is 23.9. The van der Waals surface area contributed by atoms with Crippen molar-refractivity contribution in [2.45, 2.75) is 0 Å². The van der Waals surface area contributed by atoms with Crippen molar-refractivity contribution in [2.24, 2.45) is 0 Å². The van der Waals surface area contributed by atoms with Crippen LogP contribution in [-0.2, 0) is 0 Å². The van der Waals surface area contributed by atoms with Gasteiger partial charge < -0.3 is 29.4 Å². The van der Waals surface area contributed by atoms with Crippen LogP contribution in [0.5, 0.6) is 34.5 Å². The minimum atomic E-state index is 0.0273. The lowest BCUT2D eigenvalue weighted by molar-refractivity contribution is 0.446. The average Bonchev–Trinajstić information content (AvgIpc) is 2.82. The zero-order valence-electron chi connectivity index (χ0n) is 16.4. The van der Waals surface area contributed by atoms with Gasteiger partial charge in [-0.25, -0.2) is 0 Å². The maximum absolute atomic E-state index is 5.98. The number of hydrogen-bond donors (Lipinski definition) is 2. The van der Waals surface area contributed by atoms with Crippen LogP contribution < -0.4 is 29.4 Å². The van der Waals surface area contributed by atoms with E-state index in [4.69, 9.17) is 18.8 Å². The van der Waals surface area contributed by atoms with Crippen molar-refractivity contribution >= 4 is 30.4 Å². The molecule has 0 aromatic heterocycles. The molecule has 6 rings (SSSR count). The van der Waals surface area contributed by atoms with E-state index in [0.29, 0.717) is 23.0 Å². The van der Waals surface area contributed by atoms with Crippen molar-refractivity contribution in [3.63, 3.8) is 0 Å². The van der Waals surface area contributed by atoms with E-state index in [1.54, 1.807) is 0 Å². The van der Waals surface area contributed by atoms with Crippen molar-refractivity contribution in [1.29, 1.82) is 0 Å². The second-order valence-corrected chi connectivity index (χ2v) is 7.11. The molecule has 0 saturated carbocycles. The fraction of sp³-hybridized carbons (Fsp3) is 0. The molecule has 2 heterocycles. The van der Waals surface area contributed by atoms with Gasteiger partial charge in [0, 0.05) is 0 Å². The Hall–Kier alpha value is -4.26. The monoisotopic (exact) mass is 408 g/mol. The lowest BCUT2D eigenvalue weighted by Gasteiger charge is -2.25. The molecule has 2 aliphatic rings. The molecule has 6 nitrogen and oxygen atoms in total. The zero-order chi connectivity index (χ0) is 20.6. The van der Waals surface area contributed by atoms with Crippen molar-refractivity contribution < 1.29 is 18.8 Å². The van der Waals surface area contributed by atoms with E-state index in [2.05, 4.69) is 10.6 Å². The maximum atomic E-state index is 5.98. The smallest absolute Gasteiger partial charge is 0.527 e. The van der Waals surface area contributed by atoms with Crippen LogP contribution >= 0.6 is 0 Å². The zero-order valence-corrected chi connectivity index (χ0v) is 16.4. The first-order valence-electron chi connectivity index (χ1n) is 9.94. The van der Waals surface area contributed by atoms with Gasteiger partial charge in [0.2, 0.25) is 0 Å². The Labute approximate surface area is 179 Å². The van der Waals surface area contributed by atoms with Gasteiger partial charge in [-0.2, -0.15) is 0 Å². The summed E-state index contributed by atoms with van der Waals surface area (Å²) in [5.41, 5.74) is 3.33. The van der Waals surface area contributed by atoms with Gasteiger partial charge in [0.1, 0.15) is 22.9 Å². The lowest BCUT2D eigenvalue weighted by atomic mass is 10.2. The fourth-order valence-corrected chi connectivity index (χ4v) is 3.66. The Morgan fingerprint density at radius 2 is 0.968 bits per heavy atom. The molecule has 0 spiro atoms. The highest BCUT2D eigenvalue weighted by Gasteiger charge is 2.22. The molecule has 0 amide bonds. The van der Waals surface area contributed by atoms with Crippen molar-refractivity contribution in [2.75, 3.05) is 10.6 Å². The summed E-state index contributed by atoms with van der Waals surface area (Å²) in [6, 6.07) is 26.9. The van der Waals surface area contributed by atoms with Gasteiger partial charge in [0.15, 0.2) is 23.0 Å². The predicted molar refractivity (Wildman–Crippen MR) is 121 cm³/mol. The molecule has 0 aliphatic carbocycles. The molecule has 0 saturated heterocycles. The van der Waals surface area contributed by atoms with E-state index < -0.39 is 0 Å². The van der Waals surface area contributed by atoms with Gasteiger partial charge in [-0.1, -0.05) is 36.4 Å². The molecule has 4 aromatic rings. The molecule has 2 aliphatic heterocycles. The number of rotatable bonds is 4. The molecule has 7 heteroatoms. The predicted octanol–water partition coefficient (Wildman–Crippen LogP) is 6.11. The molecular formula is C24H17BN2O4. The lowest BCUT2D eigenvalue weighted by Crippen LogP contribution is -2.14. The highest BCUT2D eigenvalue weighted by atomic mass is 16.6. The van der Waals surface area contributed by atoms with Gasteiger partial charge in [0.25, 0.3) is 0 Å². The van der Waals surface area contributed by atoms with Crippen LogP contribution in [-0.4, -0.2) is 7.69 Å². The first-order valence-corrected chi connectivity index (χ1v) is 9.94. The number of para-hydroxylation sites is 6. The van der Waals surface area contributed by atoms with Crippen molar-refractivity contribution in [3.05, 3.63) is 84.9 Å². The topological polar surface area (TPSA) is 61.0 Å². The Morgan fingerprint density at radius 3 is 1.48 bits per heavy atom. The molecule has 0 bridgehead atoms. The normalized spacial score (nSPS) is 12.3. The van der Waals surface area contributed by atoms with E-state index >= 15 is 0 Å². The van der Waals surface area contributed by atoms with Gasteiger partial charge in [-0.15, -0.1) is 0 Å². The number of hydrogen-bond acceptors (Lipinski definition) is 6. The van der Waals surface area contributed by atoms with Crippen molar-refractivity contribution in [3.8, 4) is 34.5 Å². The highest BCUT2D eigenvalue weighted by molar-refractivity contribution is 6.21. The van der Waals surface area contributed by atoms with Gasteiger partial charge in [-0.3, -0.25) is 0 Å². The van der Waals surface area contributed by atoms with E-state index in [1.807, 2.05) is 84.9 Å². The van der Waals surface area contributed by atoms with Crippen LogP contribution in [0.2, 0.25) is 0 Å². The average molecular weight is 408 g/mol. The van der Waals surface area contributed by atoms with Crippen LogP contribution in [0.25, 0.3) is 0 Å². The third kappa shape index (κ3) is 3.16. The molecule has 0 atom stereocenters. The molecular weight excluding hydrogens is 391 g/mol. The summed E-state index contributed by atoms with van der Waals surface area (Å²) in [6.45, 7) is 0.